The molecule has 0 aliphatic carbocycles. The Morgan fingerprint density at radius 2 is 1.81 bits per heavy atom. The van der Waals surface area contributed by atoms with Gasteiger partial charge in [0.05, 0.1) is 5.69 Å². The van der Waals surface area contributed by atoms with Gasteiger partial charge in [-0.25, -0.2) is 4.98 Å². The summed E-state index contributed by atoms with van der Waals surface area (Å²) in [7, 11) is 0. The molecule has 3 aromatic rings. The summed E-state index contributed by atoms with van der Waals surface area (Å²) in [6, 6.07) is 7.04. The van der Waals surface area contributed by atoms with Gasteiger partial charge in [0, 0.05) is 30.4 Å². The maximum Gasteiger partial charge on any atom is 0.253 e. The highest BCUT2D eigenvalue weighted by Crippen LogP contribution is 2.28. The van der Waals surface area contributed by atoms with Gasteiger partial charge in [0.25, 0.3) is 10.9 Å². The summed E-state index contributed by atoms with van der Waals surface area (Å²) in [6.07, 6.45) is 5.15. The van der Waals surface area contributed by atoms with Crippen molar-refractivity contribution < 1.29 is 4.79 Å². The molecule has 0 radical (unpaired) electrons. The molecule has 1 amide bonds. The number of carbonyl (C=O) groups is 1. The number of nitrogens with one attached hydrogen (secondary N) is 3. The SMILES string of the molecule is CC(C)(C)C(NC(=O)CCc1cccnc1)Nc1c(Nc2cccnc2Cl)c(=O)c1=O. The summed E-state index contributed by atoms with van der Waals surface area (Å²) < 4.78 is 0. The van der Waals surface area contributed by atoms with Crippen molar-refractivity contribution in [3.63, 3.8) is 0 Å². The molecule has 8 nitrogen and oxygen atoms in total. The second-order valence-corrected chi connectivity index (χ2v) is 8.61. The van der Waals surface area contributed by atoms with Crippen LogP contribution in [-0.2, 0) is 11.2 Å². The third kappa shape index (κ3) is 5.46. The number of aryl methyl sites for hydroxylation is 1. The van der Waals surface area contributed by atoms with Crippen LogP contribution >= 0.6 is 11.6 Å². The molecule has 0 saturated carbocycles. The van der Waals surface area contributed by atoms with Crippen LogP contribution in [0, 0.1) is 5.41 Å². The van der Waals surface area contributed by atoms with E-state index in [0.717, 1.165) is 5.56 Å². The Hall–Kier alpha value is -3.26. The Bertz CT molecular complexity index is 1130. The highest BCUT2D eigenvalue weighted by molar-refractivity contribution is 6.32. The number of hydrogen-bond acceptors (Lipinski definition) is 7. The van der Waals surface area contributed by atoms with Gasteiger partial charge < -0.3 is 16.0 Å². The van der Waals surface area contributed by atoms with Crippen LogP contribution in [0.1, 0.15) is 32.8 Å². The standard InChI is InChI=1S/C22H24ClN5O3/c1-22(2,3)21(27-15(29)9-8-13-6-4-10-24-12-13)28-17-16(18(30)19(17)31)26-14-7-5-11-25-20(14)23/h4-7,10-12,21,26,28H,8-9H2,1-3H3,(H,27,29). The predicted molar refractivity (Wildman–Crippen MR) is 121 cm³/mol. The van der Waals surface area contributed by atoms with E-state index in [1.807, 2.05) is 32.9 Å². The normalized spacial score (nSPS) is 12.4. The smallest absolute Gasteiger partial charge is 0.253 e. The van der Waals surface area contributed by atoms with Crippen molar-refractivity contribution >= 4 is 34.6 Å². The fraction of sp³-hybridized carbons (Fsp3) is 0.318. The highest BCUT2D eigenvalue weighted by Gasteiger charge is 2.31. The Kier molecular flexibility index (Phi) is 6.70. The minimum absolute atomic E-state index is 0.0961. The van der Waals surface area contributed by atoms with Gasteiger partial charge in [-0.3, -0.25) is 19.4 Å². The molecule has 0 spiro atoms. The van der Waals surface area contributed by atoms with Gasteiger partial charge in [-0.05, 0) is 30.2 Å². The van der Waals surface area contributed by atoms with E-state index < -0.39 is 22.4 Å². The van der Waals surface area contributed by atoms with Gasteiger partial charge in [0.2, 0.25) is 5.91 Å². The molecule has 31 heavy (non-hydrogen) atoms. The number of carbonyl (C=O) groups excluding carboxylic acids is 1. The van der Waals surface area contributed by atoms with Crippen molar-refractivity contribution in [2.24, 2.45) is 5.41 Å². The van der Waals surface area contributed by atoms with Crippen molar-refractivity contribution in [1.29, 1.82) is 0 Å². The molecule has 2 aromatic heterocycles. The zero-order valence-electron chi connectivity index (χ0n) is 17.5. The number of amides is 1. The van der Waals surface area contributed by atoms with Crippen LogP contribution in [0.2, 0.25) is 5.15 Å². The van der Waals surface area contributed by atoms with Crippen LogP contribution in [0.15, 0.2) is 52.4 Å². The minimum Gasteiger partial charge on any atom is -0.360 e. The first-order valence-corrected chi connectivity index (χ1v) is 10.2. The van der Waals surface area contributed by atoms with Crippen LogP contribution in [0.4, 0.5) is 17.1 Å². The summed E-state index contributed by atoms with van der Waals surface area (Å²) in [5.74, 6) is -0.181. The molecule has 0 saturated heterocycles. The fourth-order valence-corrected chi connectivity index (χ4v) is 3.08. The van der Waals surface area contributed by atoms with Crippen molar-refractivity contribution in [2.45, 2.75) is 39.8 Å². The van der Waals surface area contributed by atoms with E-state index >= 15 is 0 Å². The van der Waals surface area contributed by atoms with E-state index in [0.29, 0.717) is 12.1 Å². The highest BCUT2D eigenvalue weighted by atomic mass is 35.5. The number of pyridine rings is 2. The van der Waals surface area contributed by atoms with Gasteiger partial charge in [-0.15, -0.1) is 0 Å². The lowest BCUT2D eigenvalue weighted by Gasteiger charge is -2.33. The average molecular weight is 442 g/mol. The van der Waals surface area contributed by atoms with Gasteiger partial charge in [-0.1, -0.05) is 38.4 Å². The first-order chi connectivity index (χ1) is 14.7. The lowest BCUT2D eigenvalue weighted by atomic mass is 9.91. The summed E-state index contributed by atoms with van der Waals surface area (Å²) >= 11 is 6.04. The van der Waals surface area contributed by atoms with E-state index in [1.165, 1.54) is 6.20 Å². The third-order valence-corrected chi connectivity index (χ3v) is 5.05. The molecule has 162 valence electrons. The largest absolute Gasteiger partial charge is 0.360 e. The van der Waals surface area contributed by atoms with E-state index in [-0.39, 0.29) is 28.9 Å². The molecule has 1 unspecified atom stereocenters. The lowest BCUT2D eigenvalue weighted by molar-refractivity contribution is -0.122. The number of nitrogens with zero attached hydrogens (tertiary/aromatic N) is 2. The number of rotatable bonds is 8. The third-order valence-electron chi connectivity index (χ3n) is 4.75. The molecule has 3 rings (SSSR count). The van der Waals surface area contributed by atoms with E-state index in [4.69, 9.17) is 11.6 Å². The Balaban J connectivity index is 1.72. The van der Waals surface area contributed by atoms with E-state index in [9.17, 15) is 14.4 Å². The quantitative estimate of drug-likeness (QED) is 0.280. The summed E-state index contributed by atoms with van der Waals surface area (Å²) in [4.78, 5) is 44.9. The zero-order valence-corrected chi connectivity index (χ0v) is 18.3. The zero-order chi connectivity index (χ0) is 22.6. The Morgan fingerprint density at radius 3 is 2.45 bits per heavy atom. The Morgan fingerprint density at radius 1 is 1.10 bits per heavy atom. The van der Waals surface area contributed by atoms with Crippen molar-refractivity contribution in [3.8, 4) is 0 Å². The molecule has 1 atom stereocenters. The average Bonchev–Trinajstić information content (AvgIpc) is 2.74. The van der Waals surface area contributed by atoms with Gasteiger partial charge in [0.1, 0.15) is 17.5 Å². The number of anilines is 3. The Labute approximate surface area is 184 Å². The summed E-state index contributed by atoms with van der Waals surface area (Å²) in [5.41, 5.74) is -0.171. The molecule has 9 heteroatoms. The second-order valence-electron chi connectivity index (χ2n) is 8.25. The number of hydrogen-bond donors (Lipinski definition) is 3. The van der Waals surface area contributed by atoms with Crippen LogP contribution in [0.5, 0.6) is 0 Å². The first-order valence-electron chi connectivity index (χ1n) is 9.82. The molecule has 3 N–H and O–H groups in total. The van der Waals surface area contributed by atoms with E-state index in [1.54, 1.807) is 24.5 Å². The topological polar surface area (TPSA) is 113 Å². The van der Waals surface area contributed by atoms with Crippen LogP contribution in [0.3, 0.4) is 0 Å². The van der Waals surface area contributed by atoms with Crippen LogP contribution in [0.25, 0.3) is 0 Å². The maximum absolute atomic E-state index is 12.5. The maximum atomic E-state index is 12.5. The second kappa shape index (κ2) is 9.26. The predicted octanol–water partition coefficient (Wildman–Crippen LogP) is 3.00. The molecule has 0 bridgehead atoms. The van der Waals surface area contributed by atoms with Crippen LogP contribution < -0.4 is 26.8 Å². The molecular formula is C22H24ClN5O3. The fourth-order valence-electron chi connectivity index (χ4n) is 2.91. The molecule has 0 aliphatic rings. The lowest BCUT2D eigenvalue weighted by Crippen LogP contribution is -2.51. The van der Waals surface area contributed by atoms with Gasteiger partial charge in [-0.2, -0.15) is 0 Å². The molecule has 0 fully saturated rings. The van der Waals surface area contributed by atoms with Crippen LogP contribution in [-0.4, -0.2) is 22.0 Å². The van der Waals surface area contributed by atoms with Gasteiger partial charge in [0.15, 0.2) is 5.15 Å². The number of halogens is 1. The monoisotopic (exact) mass is 441 g/mol. The molecule has 2 heterocycles. The minimum atomic E-state index is -0.655. The summed E-state index contributed by atoms with van der Waals surface area (Å²) in [5, 5.41) is 9.00. The number of aromatic nitrogens is 2. The molecular weight excluding hydrogens is 418 g/mol. The molecule has 0 aliphatic heterocycles. The van der Waals surface area contributed by atoms with Gasteiger partial charge >= 0.3 is 0 Å². The van der Waals surface area contributed by atoms with Crippen molar-refractivity contribution in [2.75, 3.05) is 10.6 Å². The van der Waals surface area contributed by atoms with Crippen molar-refractivity contribution in [3.05, 3.63) is 74.0 Å². The first kappa shape index (κ1) is 22.4. The van der Waals surface area contributed by atoms with Crippen molar-refractivity contribution in [1.82, 2.24) is 15.3 Å². The molecule has 1 aromatic carbocycles. The summed E-state index contributed by atoms with van der Waals surface area (Å²) in [6.45, 7) is 5.76. The van der Waals surface area contributed by atoms with E-state index in [2.05, 4.69) is 25.9 Å².